The van der Waals surface area contributed by atoms with Crippen LogP contribution in [0.2, 0.25) is 0 Å². The zero-order valence-corrected chi connectivity index (χ0v) is 32.5. The summed E-state index contributed by atoms with van der Waals surface area (Å²) in [5.74, 6) is 2.04. The molecule has 0 unspecified atom stereocenters. The average Bonchev–Trinajstić information content (AvgIpc) is 3.76. The number of aliphatic hydroxyl groups excluding tert-OH is 1. The highest BCUT2D eigenvalue weighted by Crippen LogP contribution is 2.43. The Morgan fingerprint density at radius 3 is 2.21 bits per heavy atom. The molecule has 0 spiro atoms. The first kappa shape index (κ1) is 38.6. The van der Waals surface area contributed by atoms with Gasteiger partial charge in [0.25, 0.3) is 0 Å². The molecule has 8 rings (SSSR count). The topological polar surface area (TPSA) is 133 Å². The van der Waals surface area contributed by atoms with E-state index in [-0.39, 0.29) is 30.8 Å². The Bertz CT molecular complexity index is 2400. The number of nitrogens with one attached hydrogen (secondary N) is 2. The van der Waals surface area contributed by atoms with Gasteiger partial charge in [0.2, 0.25) is 5.16 Å². The molecule has 6 aromatic carbocycles. The van der Waals surface area contributed by atoms with Gasteiger partial charge in [0.15, 0.2) is 6.29 Å². The summed E-state index contributed by atoms with van der Waals surface area (Å²) in [6.07, 6.45) is -1.07. The van der Waals surface area contributed by atoms with Crippen LogP contribution in [0.3, 0.4) is 0 Å². The molecule has 1 aliphatic rings. The van der Waals surface area contributed by atoms with Gasteiger partial charge in [0.1, 0.15) is 11.5 Å². The highest BCUT2D eigenvalue weighted by molar-refractivity contribution is 7.99. The van der Waals surface area contributed by atoms with Crippen LogP contribution >= 0.6 is 11.8 Å². The van der Waals surface area contributed by atoms with E-state index in [1.54, 1.807) is 28.6 Å². The number of carbonyl (C=O) groups is 1. The lowest BCUT2D eigenvalue weighted by Crippen LogP contribution is -2.38. The van der Waals surface area contributed by atoms with Crippen LogP contribution in [-0.2, 0) is 22.6 Å². The number of aromatic nitrogens is 4. The van der Waals surface area contributed by atoms with E-state index >= 15 is 0 Å². The van der Waals surface area contributed by atoms with Gasteiger partial charge in [-0.3, -0.25) is 0 Å². The predicted molar refractivity (Wildman–Crippen MR) is 224 cm³/mol. The first-order valence-corrected chi connectivity index (χ1v) is 20.0. The zero-order chi connectivity index (χ0) is 39.7. The van der Waals surface area contributed by atoms with Gasteiger partial charge in [-0.25, -0.2) is 4.79 Å². The summed E-state index contributed by atoms with van der Waals surface area (Å²) in [4.78, 5) is 12.8. The van der Waals surface area contributed by atoms with Gasteiger partial charge >= 0.3 is 6.03 Å². The van der Waals surface area contributed by atoms with E-state index in [1.165, 1.54) is 0 Å². The smallest absolute Gasteiger partial charge is 0.319 e. The molecule has 1 aromatic heterocycles. The second-order valence-electron chi connectivity index (χ2n) is 13.9. The molecule has 1 aliphatic heterocycles. The molecule has 2 amide bonds. The minimum Gasteiger partial charge on any atom is -0.457 e. The van der Waals surface area contributed by atoms with E-state index < -0.39 is 6.29 Å². The molecule has 7 aromatic rings. The minimum atomic E-state index is -0.620. The van der Waals surface area contributed by atoms with Crippen molar-refractivity contribution in [2.24, 2.45) is 5.92 Å². The summed E-state index contributed by atoms with van der Waals surface area (Å²) in [6.45, 7) is 2.47. The molecular formula is C46H42N6O5S. The normalized spacial score (nSPS) is 17.7. The van der Waals surface area contributed by atoms with Gasteiger partial charge in [-0.15, -0.1) is 5.10 Å². The highest BCUT2D eigenvalue weighted by atomic mass is 32.2. The zero-order valence-electron chi connectivity index (χ0n) is 31.7. The lowest BCUT2D eigenvalue weighted by Gasteiger charge is -2.41. The van der Waals surface area contributed by atoms with Crippen LogP contribution in [0.25, 0.3) is 16.8 Å². The van der Waals surface area contributed by atoms with Crippen LogP contribution in [0.15, 0.2) is 163 Å². The third-order valence-corrected chi connectivity index (χ3v) is 10.9. The van der Waals surface area contributed by atoms with Gasteiger partial charge in [-0.1, -0.05) is 122 Å². The number of anilines is 1. The number of amides is 2. The van der Waals surface area contributed by atoms with Crippen molar-refractivity contribution in [2.45, 2.75) is 43.7 Å². The Labute approximate surface area is 341 Å². The fourth-order valence-corrected chi connectivity index (χ4v) is 7.80. The van der Waals surface area contributed by atoms with Gasteiger partial charge in [-0.2, -0.15) is 4.68 Å². The van der Waals surface area contributed by atoms with E-state index in [1.807, 2.05) is 121 Å². The van der Waals surface area contributed by atoms with Gasteiger partial charge in [0, 0.05) is 29.5 Å². The Balaban J connectivity index is 0.919. The largest absolute Gasteiger partial charge is 0.457 e. The van der Waals surface area contributed by atoms with Crippen LogP contribution in [0.4, 0.5) is 10.5 Å². The average molecular weight is 791 g/mol. The van der Waals surface area contributed by atoms with Gasteiger partial charge < -0.3 is 30.0 Å². The third-order valence-electron chi connectivity index (χ3n) is 9.93. The van der Waals surface area contributed by atoms with E-state index in [4.69, 9.17) is 14.2 Å². The molecule has 2 heterocycles. The van der Waals surface area contributed by atoms with Crippen molar-refractivity contribution < 1.29 is 24.1 Å². The summed E-state index contributed by atoms with van der Waals surface area (Å²) < 4.78 is 21.0. The lowest BCUT2D eigenvalue weighted by atomic mass is 9.91. The second-order valence-corrected chi connectivity index (χ2v) is 14.9. The van der Waals surface area contributed by atoms with Crippen molar-refractivity contribution >= 4 is 23.5 Å². The first-order chi connectivity index (χ1) is 28.5. The number of thioether (sulfide) groups is 1. The molecular weight excluding hydrogens is 749 g/mol. The number of nitrogens with zero attached hydrogens (tertiary/aromatic N) is 4. The molecule has 58 heavy (non-hydrogen) atoms. The number of hydrogen-bond donors (Lipinski definition) is 3. The fraction of sp³-hybridized carbons (Fsp3) is 0.174. The maximum absolute atomic E-state index is 12.8. The van der Waals surface area contributed by atoms with Crippen molar-refractivity contribution in [2.75, 3.05) is 11.1 Å². The molecule has 1 fully saturated rings. The maximum atomic E-state index is 12.8. The molecule has 11 nitrogen and oxygen atoms in total. The summed E-state index contributed by atoms with van der Waals surface area (Å²) in [5, 5.41) is 28.6. The first-order valence-electron chi connectivity index (χ1n) is 19.0. The number of aliphatic hydroxyl groups is 1. The number of tetrazole rings is 1. The highest BCUT2D eigenvalue weighted by Gasteiger charge is 2.38. The molecule has 0 aliphatic carbocycles. The van der Waals surface area contributed by atoms with E-state index in [0.29, 0.717) is 28.9 Å². The molecule has 0 bridgehead atoms. The maximum Gasteiger partial charge on any atom is 0.319 e. The van der Waals surface area contributed by atoms with Crippen molar-refractivity contribution in [1.29, 1.82) is 0 Å². The van der Waals surface area contributed by atoms with Crippen molar-refractivity contribution in [3.63, 3.8) is 0 Å². The van der Waals surface area contributed by atoms with Crippen LogP contribution in [-0.4, -0.2) is 43.2 Å². The molecule has 3 N–H and O–H groups in total. The van der Waals surface area contributed by atoms with Crippen LogP contribution in [0, 0.1) is 5.92 Å². The van der Waals surface area contributed by atoms with Gasteiger partial charge in [0.05, 0.1) is 24.5 Å². The van der Waals surface area contributed by atoms with Crippen LogP contribution in [0.5, 0.6) is 11.5 Å². The molecule has 292 valence electrons. The Morgan fingerprint density at radius 1 is 0.759 bits per heavy atom. The number of benzene rings is 6. The number of carbonyl (C=O) groups excluding carboxylic acids is 1. The number of para-hydroxylation sites is 2. The van der Waals surface area contributed by atoms with E-state index in [2.05, 4.69) is 57.3 Å². The quantitative estimate of drug-likeness (QED) is 0.0978. The minimum absolute atomic E-state index is 0.00237. The second kappa shape index (κ2) is 18.3. The molecule has 1 saturated heterocycles. The Kier molecular flexibility index (Phi) is 12.2. The standard InChI is InChI=1S/C46H42N6O5S/c1-31-42(30-58-46-49-50-51-52(46)39-11-4-2-5-12-39)56-44(57-43(31)35-17-15-32(29-53)16-18-35)36-21-19-34(20-22-36)37-10-8-9-33(27-37)28-47-45(54)48-38-23-25-41(26-24-38)55-40-13-6-3-7-14-40/h2-27,31,42-44,53H,28-30H2,1H3,(H2,47,48,54)/t31-,42+,43+,44+/m0/s1. The van der Waals surface area contributed by atoms with Gasteiger partial charge in [-0.05, 0) is 92.8 Å². The monoisotopic (exact) mass is 790 g/mol. The Morgan fingerprint density at radius 2 is 1.47 bits per heavy atom. The molecule has 0 radical (unpaired) electrons. The lowest BCUT2D eigenvalue weighted by molar-refractivity contribution is -0.268. The summed E-state index contributed by atoms with van der Waals surface area (Å²) in [7, 11) is 0. The fourth-order valence-electron chi connectivity index (χ4n) is 6.75. The summed E-state index contributed by atoms with van der Waals surface area (Å²) in [6, 6.07) is 50.5. The van der Waals surface area contributed by atoms with Crippen molar-refractivity contribution in [1.82, 2.24) is 25.5 Å². The van der Waals surface area contributed by atoms with Crippen molar-refractivity contribution in [3.8, 4) is 28.3 Å². The third kappa shape index (κ3) is 9.44. The van der Waals surface area contributed by atoms with Crippen molar-refractivity contribution in [3.05, 3.63) is 180 Å². The summed E-state index contributed by atoms with van der Waals surface area (Å²) >= 11 is 1.55. The number of hydrogen-bond acceptors (Lipinski definition) is 9. The number of ether oxygens (including phenoxy) is 3. The van der Waals surface area contributed by atoms with E-state index in [9.17, 15) is 9.90 Å². The number of urea groups is 1. The summed E-state index contributed by atoms with van der Waals surface area (Å²) in [5.41, 5.74) is 7.30. The molecule has 12 heteroatoms. The SMILES string of the molecule is C[C@H]1[C@@H](CSc2nnnn2-c2ccccc2)O[C@@H](c2ccc(-c3cccc(CNC(=O)Nc4ccc(Oc5ccccc5)cc4)c3)cc2)O[C@H]1c1ccc(CO)cc1. The molecule has 4 atom stereocenters. The number of rotatable bonds is 13. The van der Waals surface area contributed by atoms with Crippen LogP contribution < -0.4 is 15.4 Å². The molecule has 0 saturated carbocycles. The van der Waals surface area contributed by atoms with Crippen LogP contribution in [0.1, 0.15) is 41.6 Å². The predicted octanol–water partition coefficient (Wildman–Crippen LogP) is 9.52. The Hall–Kier alpha value is -6.31. The van der Waals surface area contributed by atoms with E-state index in [0.717, 1.165) is 44.8 Å².